The molecule has 2 aliphatic carbocycles. The van der Waals surface area contributed by atoms with Crippen LogP contribution in [0.4, 0.5) is 0 Å². The van der Waals surface area contributed by atoms with Crippen molar-refractivity contribution in [3.8, 4) is 6.07 Å². The Labute approximate surface area is 107 Å². The summed E-state index contributed by atoms with van der Waals surface area (Å²) >= 11 is 0. The minimum Gasteiger partial charge on any atom is -0.198 e. The molecular formula is C16H27N. The second-order valence-electron chi connectivity index (χ2n) is 5.82. The fourth-order valence-corrected chi connectivity index (χ4v) is 3.65. The molecular weight excluding hydrogens is 206 g/mol. The lowest BCUT2D eigenvalue weighted by Crippen LogP contribution is -2.31. The SMILES string of the molecule is CC.CC1C2=C(CCCC2(C)C)CCC1C#N. The van der Waals surface area contributed by atoms with Crippen LogP contribution in [-0.4, -0.2) is 0 Å². The van der Waals surface area contributed by atoms with Crippen LogP contribution in [0.3, 0.4) is 0 Å². The number of hydrogen-bond donors (Lipinski definition) is 0. The lowest BCUT2D eigenvalue weighted by Gasteiger charge is -2.43. The van der Waals surface area contributed by atoms with Crippen molar-refractivity contribution in [2.75, 3.05) is 0 Å². The van der Waals surface area contributed by atoms with Crippen molar-refractivity contribution in [3.63, 3.8) is 0 Å². The van der Waals surface area contributed by atoms with Crippen molar-refractivity contribution in [2.45, 2.75) is 66.7 Å². The third kappa shape index (κ3) is 2.73. The molecule has 17 heavy (non-hydrogen) atoms. The van der Waals surface area contributed by atoms with Crippen LogP contribution < -0.4 is 0 Å². The van der Waals surface area contributed by atoms with E-state index in [2.05, 4.69) is 26.8 Å². The van der Waals surface area contributed by atoms with Crippen LogP contribution in [0.1, 0.15) is 66.7 Å². The Morgan fingerprint density at radius 1 is 1.24 bits per heavy atom. The summed E-state index contributed by atoms with van der Waals surface area (Å²) in [6.45, 7) is 11.0. The Bertz CT molecular complexity index is 330. The van der Waals surface area contributed by atoms with Gasteiger partial charge in [-0.15, -0.1) is 0 Å². The molecule has 0 saturated carbocycles. The zero-order valence-electron chi connectivity index (χ0n) is 12.1. The van der Waals surface area contributed by atoms with Crippen LogP contribution in [0.15, 0.2) is 11.1 Å². The van der Waals surface area contributed by atoms with Crippen LogP contribution in [0.2, 0.25) is 0 Å². The highest BCUT2D eigenvalue weighted by Crippen LogP contribution is 2.50. The Morgan fingerprint density at radius 2 is 1.88 bits per heavy atom. The summed E-state index contributed by atoms with van der Waals surface area (Å²) < 4.78 is 0. The zero-order valence-corrected chi connectivity index (χ0v) is 12.1. The maximum Gasteiger partial charge on any atom is 0.0662 e. The predicted molar refractivity (Wildman–Crippen MR) is 73.5 cm³/mol. The first-order valence-corrected chi connectivity index (χ1v) is 7.18. The molecule has 2 unspecified atom stereocenters. The Kier molecular flexibility index (Phi) is 4.80. The second-order valence-corrected chi connectivity index (χ2v) is 5.82. The highest BCUT2D eigenvalue weighted by molar-refractivity contribution is 5.30. The fourth-order valence-electron chi connectivity index (χ4n) is 3.65. The van der Waals surface area contributed by atoms with E-state index >= 15 is 0 Å². The maximum absolute atomic E-state index is 9.15. The molecule has 0 spiro atoms. The average molecular weight is 233 g/mol. The summed E-state index contributed by atoms with van der Waals surface area (Å²) in [5.41, 5.74) is 3.67. The standard InChI is InChI=1S/C14H21N.C2H6/c1-10-12(9-15)7-6-11-5-4-8-14(2,3)13(10)11;1-2/h10,12H,4-8H2,1-3H3;1-2H3. The van der Waals surface area contributed by atoms with E-state index < -0.39 is 0 Å². The topological polar surface area (TPSA) is 23.8 Å². The lowest BCUT2D eigenvalue weighted by atomic mass is 9.62. The van der Waals surface area contributed by atoms with E-state index in [0.29, 0.717) is 11.3 Å². The molecule has 2 atom stereocenters. The summed E-state index contributed by atoms with van der Waals surface area (Å²) in [5, 5.41) is 9.15. The van der Waals surface area contributed by atoms with Gasteiger partial charge in [0.15, 0.2) is 0 Å². The second kappa shape index (κ2) is 5.71. The number of nitriles is 1. The molecule has 0 aromatic carbocycles. The van der Waals surface area contributed by atoms with Gasteiger partial charge in [-0.25, -0.2) is 0 Å². The first kappa shape index (κ1) is 14.3. The maximum atomic E-state index is 9.15. The van der Waals surface area contributed by atoms with Gasteiger partial charge in [0.25, 0.3) is 0 Å². The largest absolute Gasteiger partial charge is 0.198 e. The van der Waals surface area contributed by atoms with Gasteiger partial charge in [-0.3, -0.25) is 0 Å². The highest BCUT2D eigenvalue weighted by atomic mass is 14.4. The first-order chi connectivity index (χ1) is 8.06. The van der Waals surface area contributed by atoms with Crippen molar-refractivity contribution < 1.29 is 0 Å². The van der Waals surface area contributed by atoms with Gasteiger partial charge in [0.1, 0.15) is 0 Å². The summed E-state index contributed by atoms with van der Waals surface area (Å²) in [7, 11) is 0. The van der Waals surface area contributed by atoms with Crippen LogP contribution in [-0.2, 0) is 0 Å². The number of allylic oxidation sites excluding steroid dienone is 2. The van der Waals surface area contributed by atoms with Crippen LogP contribution in [0, 0.1) is 28.6 Å². The van der Waals surface area contributed by atoms with Crippen molar-refractivity contribution >= 4 is 0 Å². The zero-order chi connectivity index (χ0) is 13.1. The normalized spacial score (nSPS) is 30.8. The van der Waals surface area contributed by atoms with Crippen molar-refractivity contribution in [1.82, 2.24) is 0 Å². The molecule has 1 heteroatoms. The minimum atomic E-state index is 0.265. The molecule has 1 nitrogen and oxygen atoms in total. The first-order valence-electron chi connectivity index (χ1n) is 7.18. The summed E-state index contributed by atoms with van der Waals surface area (Å²) in [5.74, 6) is 0.759. The van der Waals surface area contributed by atoms with E-state index in [4.69, 9.17) is 5.26 Å². The van der Waals surface area contributed by atoms with Crippen LogP contribution in [0.5, 0.6) is 0 Å². The predicted octanol–water partition coefficient (Wildman–Crippen LogP) is 5.09. The van der Waals surface area contributed by atoms with Gasteiger partial charge in [0.2, 0.25) is 0 Å². The van der Waals surface area contributed by atoms with E-state index in [1.807, 2.05) is 13.8 Å². The minimum absolute atomic E-state index is 0.265. The average Bonchev–Trinajstić information content (AvgIpc) is 2.31. The molecule has 0 bridgehead atoms. The third-order valence-electron chi connectivity index (χ3n) is 4.37. The van der Waals surface area contributed by atoms with E-state index in [1.54, 1.807) is 11.1 Å². The van der Waals surface area contributed by atoms with Gasteiger partial charge in [-0.05, 0) is 43.4 Å². The smallest absolute Gasteiger partial charge is 0.0662 e. The Hall–Kier alpha value is -0.770. The molecule has 0 aromatic rings. The van der Waals surface area contributed by atoms with Crippen molar-refractivity contribution in [2.24, 2.45) is 17.3 Å². The van der Waals surface area contributed by atoms with Gasteiger partial charge in [0.05, 0.1) is 12.0 Å². The quantitative estimate of drug-likeness (QED) is 0.535. The summed E-state index contributed by atoms with van der Waals surface area (Å²) in [6.07, 6.45) is 6.21. The van der Waals surface area contributed by atoms with Gasteiger partial charge < -0.3 is 0 Å². The molecule has 0 heterocycles. The monoisotopic (exact) mass is 233 g/mol. The summed E-state index contributed by atoms with van der Waals surface area (Å²) in [6, 6.07) is 2.49. The Morgan fingerprint density at radius 3 is 2.47 bits per heavy atom. The van der Waals surface area contributed by atoms with E-state index in [-0.39, 0.29) is 5.92 Å². The molecule has 0 fully saturated rings. The van der Waals surface area contributed by atoms with Gasteiger partial charge >= 0.3 is 0 Å². The number of hydrogen-bond acceptors (Lipinski definition) is 1. The molecule has 0 aromatic heterocycles. The lowest BCUT2D eigenvalue weighted by molar-refractivity contribution is 0.276. The molecule has 0 amide bonds. The molecule has 0 aliphatic heterocycles. The molecule has 0 N–H and O–H groups in total. The van der Waals surface area contributed by atoms with Crippen molar-refractivity contribution in [1.29, 1.82) is 5.26 Å². The van der Waals surface area contributed by atoms with E-state index in [0.717, 1.165) is 6.42 Å². The van der Waals surface area contributed by atoms with Crippen LogP contribution in [0.25, 0.3) is 0 Å². The van der Waals surface area contributed by atoms with Gasteiger partial charge in [-0.2, -0.15) is 5.26 Å². The highest BCUT2D eigenvalue weighted by Gasteiger charge is 2.38. The molecule has 2 aliphatic rings. The fraction of sp³-hybridized carbons (Fsp3) is 0.812. The van der Waals surface area contributed by atoms with Crippen LogP contribution >= 0.6 is 0 Å². The van der Waals surface area contributed by atoms with E-state index in [9.17, 15) is 0 Å². The van der Waals surface area contributed by atoms with Gasteiger partial charge in [-0.1, -0.05) is 45.8 Å². The van der Waals surface area contributed by atoms with E-state index in [1.165, 1.54) is 25.7 Å². The molecule has 2 rings (SSSR count). The molecule has 96 valence electrons. The Balaban J connectivity index is 0.000000686. The number of rotatable bonds is 0. The van der Waals surface area contributed by atoms with Gasteiger partial charge in [0, 0.05) is 0 Å². The molecule has 0 saturated heterocycles. The third-order valence-corrected chi connectivity index (χ3v) is 4.37. The summed E-state index contributed by atoms with van der Waals surface area (Å²) in [4.78, 5) is 0. The van der Waals surface area contributed by atoms with Crippen molar-refractivity contribution in [3.05, 3.63) is 11.1 Å². The number of nitrogens with zero attached hydrogens (tertiary/aromatic N) is 1. The molecule has 0 radical (unpaired) electrons.